The van der Waals surface area contributed by atoms with Gasteiger partial charge in [0.1, 0.15) is 5.75 Å². The van der Waals surface area contributed by atoms with E-state index in [1.807, 2.05) is 25.1 Å². The van der Waals surface area contributed by atoms with Crippen LogP contribution in [0.2, 0.25) is 0 Å². The molecule has 2 aromatic carbocycles. The minimum Gasteiger partial charge on any atom is -0.481 e. The summed E-state index contributed by atoms with van der Waals surface area (Å²) in [4.78, 5) is 34.5. The molecule has 7 nitrogen and oxygen atoms in total. The average molecular weight is 372 g/mol. The molecule has 0 heterocycles. The van der Waals surface area contributed by atoms with Gasteiger partial charge in [0.05, 0.1) is 0 Å². The van der Waals surface area contributed by atoms with E-state index in [2.05, 4.69) is 10.6 Å². The molecule has 0 aliphatic heterocycles. The van der Waals surface area contributed by atoms with Gasteiger partial charge in [-0.25, -0.2) is 4.79 Å². The van der Waals surface area contributed by atoms with Crippen LogP contribution in [0.4, 0.5) is 5.69 Å². The molecule has 2 rings (SSSR count). The van der Waals surface area contributed by atoms with Gasteiger partial charge in [0.15, 0.2) is 6.61 Å². The maximum atomic E-state index is 12.2. The van der Waals surface area contributed by atoms with Gasteiger partial charge in [-0.15, -0.1) is 0 Å². The smallest absolute Gasteiger partial charge is 0.341 e. The topological polar surface area (TPSA) is 105 Å². The number of carboxylic acids is 1. The highest BCUT2D eigenvalue weighted by molar-refractivity contribution is 6.04. The van der Waals surface area contributed by atoms with Crippen LogP contribution in [0, 0.1) is 0 Å². The number of ether oxygens (including phenoxy) is 1. The first-order valence-corrected chi connectivity index (χ1v) is 8.94. The molecule has 0 atom stereocenters. The number of carboxylic acid groups (broad SMARTS) is 1. The minimum absolute atomic E-state index is 0.0463. The number of rotatable bonds is 10. The second-order valence-corrected chi connectivity index (χ2v) is 6.09. The van der Waals surface area contributed by atoms with Gasteiger partial charge in [-0.1, -0.05) is 31.2 Å². The molecule has 7 heteroatoms. The summed E-state index contributed by atoms with van der Waals surface area (Å²) in [6.45, 7) is 2.19. The number of hydrogen-bond acceptors (Lipinski definition) is 4. The van der Waals surface area contributed by atoms with Gasteiger partial charge in [-0.05, 0) is 25.0 Å². The van der Waals surface area contributed by atoms with Gasteiger partial charge in [0.25, 0.3) is 0 Å². The van der Waals surface area contributed by atoms with Crippen LogP contribution in [-0.4, -0.2) is 36.0 Å². The number of aliphatic carboxylic acids is 1. The van der Waals surface area contributed by atoms with Crippen LogP contribution < -0.4 is 15.4 Å². The summed E-state index contributed by atoms with van der Waals surface area (Å²) < 4.78 is 5.31. The number of anilines is 1. The summed E-state index contributed by atoms with van der Waals surface area (Å²) in [6, 6.07) is 10.6. The maximum absolute atomic E-state index is 12.2. The van der Waals surface area contributed by atoms with Crippen LogP contribution in [0.15, 0.2) is 36.4 Å². The lowest BCUT2D eigenvalue weighted by atomic mass is 10.1. The predicted molar refractivity (Wildman–Crippen MR) is 103 cm³/mol. The lowest BCUT2D eigenvalue weighted by molar-refractivity contribution is -0.139. The molecule has 0 radical (unpaired) electrons. The summed E-state index contributed by atoms with van der Waals surface area (Å²) >= 11 is 0. The standard InChI is InChI=1S/C20H24N2O5/c1-2-12-21-18(23)8-5-9-19(24)22-16-10-11-17(27-13-20(25)26)15-7-4-3-6-14(15)16/h3-4,6-7,10-11H,2,5,8-9,12-13H2,1H3,(H,21,23)(H,22,24)(H,25,26). The van der Waals surface area contributed by atoms with Crippen LogP contribution >= 0.6 is 0 Å². The second kappa shape index (κ2) is 10.2. The van der Waals surface area contributed by atoms with Gasteiger partial charge < -0.3 is 20.5 Å². The number of amides is 2. The van der Waals surface area contributed by atoms with E-state index in [0.717, 1.165) is 17.2 Å². The van der Waals surface area contributed by atoms with Crippen LogP contribution in [0.1, 0.15) is 32.6 Å². The largest absolute Gasteiger partial charge is 0.481 e. The van der Waals surface area contributed by atoms with Crippen LogP contribution in [-0.2, 0) is 14.4 Å². The number of nitrogens with one attached hydrogen (secondary N) is 2. The molecule has 0 bridgehead atoms. The fourth-order valence-corrected chi connectivity index (χ4v) is 2.62. The number of carbonyl (C=O) groups excluding carboxylic acids is 2. The zero-order chi connectivity index (χ0) is 19.6. The van der Waals surface area contributed by atoms with E-state index >= 15 is 0 Å². The summed E-state index contributed by atoms with van der Waals surface area (Å²) in [5.41, 5.74) is 0.619. The zero-order valence-electron chi connectivity index (χ0n) is 15.3. The quantitative estimate of drug-likeness (QED) is 0.595. The number of carbonyl (C=O) groups is 3. The van der Waals surface area contributed by atoms with Gasteiger partial charge in [-0.2, -0.15) is 0 Å². The first kappa shape index (κ1) is 20.2. The van der Waals surface area contributed by atoms with Crippen molar-refractivity contribution in [1.82, 2.24) is 5.32 Å². The molecule has 0 aliphatic carbocycles. The van der Waals surface area contributed by atoms with E-state index in [0.29, 0.717) is 30.8 Å². The van der Waals surface area contributed by atoms with Crippen LogP contribution in [0.3, 0.4) is 0 Å². The van der Waals surface area contributed by atoms with Crippen molar-refractivity contribution in [2.24, 2.45) is 0 Å². The number of hydrogen-bond donors (Lipinski definition) is 3. The second-order valence-electron chi connectivity index (χ2n) is 6.09. The fraction of sp³-hybridized carbons (Fsp3) is 0.350. The third-order valence-corrected chi connectivity index (χ3v) is 3.89. The normalized spacial score (nSPS) is 10.4. The molecule has 0 saturated carbocycles. The molecule has 0 aromatic heterocycles. The molecular formula is C20H24N2O5. The average Bonchev–Trinajstić information content (AvgIpc) is 2.65. The van der Waals surface area contributed by atoms with Gasteiger partial charge in [0.2, 0.25) is 11.8 Å². The maximum Gasteiger partial charge on any atom is 0.341 e. The Balaban J connectivity index is 2.00. The van der Waals surface area contributed by atoms with E-state index in [-0.39, 0.29) is 18.2 Å². The third-order valence-electron chi connectivity index (χ3n) is 3.89. The molecular weight excluding hydrogens is 348 g/mol. The molecule has 0 spiro atoms. The molecule has 144 valence electrons. The first-order chi connectivity index (χ1) is 13.0. The molecule has 0 aliphatic rings. The highest BCUT2D eigenvalue weighted by Gasteiger charge is 2.11. The van der Waals surface area contributed by atoms with Crippen molar-refractivity contribution in [3.63, 3.8) is 0 Å². The third kappa shape index (κ3) is 6.29. The Hall–Kier alpha value is -3.09. The Morgan fingerprint density at radius 2 is 1.70 bits per heavy atom. The lowest BCUT2D eigenvalue weighted by Crippen LogP contribution is -2.24. The number of benzene rings is 2. The van der Waals surface area contributed by atoms with Crippen LogP contribution in [0.5, 0.6) is 5.75 Å². The molecule has 27 heavy (non-hydrogen) atoms. The highest BCUT2D eigenvalue weighted by Crippen LogP contribution is 2.31. The summed E-state index contributed by atoms with van der Waals surface area (Å²) in [6.07, 6.45) is 1.91. The molecule has 0 fully saturated rings. The van der Waals surface area contributed by atoms with Crippen molar-refractivity contribution in [2.75, 3.05) is 18.5 Å². The lowest BCUT2D eigenvalue weighted by Gasteiger charge is -2.12. The van der Waals surface area contributed by atoms with E-state index in [9.17, 15) is 14.4 Å². The van der Waals surface area contributed by atoms with Crippen LogP contribution in [0.25, 0.3) is 10.8 Å². The monoisotopic (exact) mass is 372 g/mol. The number of fused-ring (bicyclic) bond motifs is 1. The Bertz CT molecular complexity index is 819. The first-order valence-electron chi connectivity index (χ1n) is 8.94. The predicted octanol–water partition coefficient (Wildman–Crippen LogP) is 2.94. The van der Waals surface area contributed by atoms with E-state index in [4.69, 9.17) is 9.84 Å². The van der Waals surface area contributed by atoms with E-state index in [1.54, 1.807) is 18.2 Å². The summed E-state index contributed by atoms with van der Waals surface area (Å²) in [7, 11) is 0. The summed E-state index contributed by atoms with van der Waals surface area (Å²) in [5, 5.41) is 15.9. The molecule has 2 amide bonds. The molecule has 0 unspecified atom stereocenters. The van der Waals surface area contributed by atoms with Crippen molar-refractivity contribution in [3.8, 4) is 5.75 Å². The van der Waals surface area contributed by atoms with Crippen molar-refractivity contribution in [1.29, 1.82) is 0 Å². The van der Waals surface area contributed by atoms with Crippen molar-refractivity contribution in [2.45, 2.75) is 32.6 Å². The zero-order valence-corrected chi connectivity index (χ0v) is 15.3. The Kier molecular flexibility index (Phi) is 7.61. The molecule has 0 saturated heterocycles. The van der Waals surface area contributed by atoms with Gasteiger partial charge in [0, 0.05) is 35.8 Å². The fourth-order valence-electron chi connectivity index (χ4n) is 2.62. The van der Waals surface area contributed by atoms with Gasteiger partial charge in [-0.3, -0.25) is 9.59 Å². The van der Waals surface area contributed by atoms with Gasteiger partial charge >= 0.3 is 5.97 Å². The molecule has 2 aromatic rings. The van der Waals surface area contributed by atoms with E-state index < -0.39 is 12.6 Å². The summed E-state index contributed by atoms with van der Waals surface area (Å²) in [5.74, 6) is -0.837. The molecule has 3 N–H and O–H groups in total. The van der Waals surface area contributed by atoms with Crippen molar-refractivity contribution < 1.29 is 24.2 Å². The Labute approximate surface area is 157 Å². The minimum atomic E-state index is -1.06. The highest BCUT2D eigenvalue weighted by atomic mass is 16.5. The Morgan fingerprint density at radius 3 is 2.41 bits per heavy atom. The van der Waals surface area contributed by atoms with E-state index in [1.165, 1.54) is 0 Å². The SMILES string of the molecule is CCCNC(=O)CCCC(=O)Nc1ccc(OCC(=O)O)c2ccccc12. The Morgan fingerprint density at radius 1 is 1.00 bits per heavy atom. The van der Waals surface area contributed by atoms with Crippen molar-refractivity contribution in [3.05, 3.63) is 36.4 Å². The van der Waals surface area contributed by atoms with Crippen molar-refractivity contribution >= 4 is 34.2 Å².